The van der Waals surface area contributed by atoms with Crippen molar-refractivity contribution in [2.24, 2.45) is 0 Å². The van der Waals surface area contributed by atoms with Gasteiger partial charge in [-0.25, -0.2) is 4.98 Å². The van der Waals surface area contributed by atoms with Gasteiger partial charge in [0, 0.05) is 0 Å². The van der Waals surface area contributed by atoms with Crippen molar-refractivity contribution in [2.75, 3.05) is 13.7 Å². The number of rotatable bonds is 8. The molecule has 1 unspecified atom stereocenters. The average molecular weight is 339 g/mol. The molecule has 25 heavy (non-hydrogen) atoms. The monoisotopic (exact) mass is 339 g/mol. The number of carbonyl (C=O) groups excluding carboxylic acids is 1. The normalized spacial score (nSPS) is 11.9. The van der Waals surface area contributed by atoms with Crippen LogP contribution in [0.3, 0.4) is 0 Å². The van der Waals surface area contributed by atoms with E-state index in [-0.39, 0.29) is 6.04 Å². The van der Waals surface area contributed by atoms with Crippen LogP contribution in [-0.2, 0) is 11.3 Å². The van der Waals surface area contributed by atoms with Gasteiger partial charge in [0.15, 0.2) is 11.5 Å². The minimum absolute atomic E-state index is 0.184. The standard InChI is InChI=1S/C19H21N3O3/c1-14(20-13-23)19-21-15-7-3-4-8-16(15)22(19)11-12-25-18-10-6-5-9-17(18)24-2/h3-10,13-14H,11-12H2,1-2H3,(H,20,23). The molecule has 0 spiro atoms. The predicted molar refractivity (Wildman–Crippen MR) is 95.8 cm³/mol. The Morgan fingerprint density at radius 2 is 1.88 bits per heavy atom. The van der Waals surface area contributed by atoms with E-state index >= 15 is 0 Å². The summed E-state index contributed by atoms with van der Waals surface area (Å²) >= 11 is 0. The first-order valence-electron chi connectivity index (χ1n) is 8.15. The van der Waals surface area contributed by atoms with Crippen LogP contribution >= 0.6 is 0 Å². The van der Waals surface area contributed by atoms with E-state index in [1.54, 1.807) is 7.11 Å². The van der Waals surface area contributed by atoms with E-state index < -0.39 is 0 Å². The van der Waals surface area contributed by atoms with Crippen molar-refractivity contribution in [3.63, 3.8) is 0 Å². The molecule has 6 nitrogen and oxygen atoms in total. The van der Waals surface area contributed by atoms with E-state index in [4.69, 9.17) is 9.47 Å². The third kappa shape index (κ3) is 3.57. The molecule has 0 fully saturated rings. The zero-order chi connectivity index (χ0) is 17.6. The zero-order valence-corrected chi connectivity index (χ0v) is 14.3. The quantitative estimate of drug-likeness (QED) is 0.641. The first-order valence-corrected chi connectivity index (χ1v) is 8.15. The topological polar surface area (TPSA) is 65.4 Å². The Balaban J connectivity index is 1.82. The summed E-state index contributed by atoms with van der Waals surface area (Å²) in [6, 6.07) is 15.3. The van der Waals surface area contributed by atoms with Gasteiger partial charge in [-0.1, -0.05) is 24.3 Å². The molecule has 1 aromatic heterocycles. The van der Waals surface area contributed by atoms with Crippen LogP contribution in [0.5, 0.6) is 11.5 Å². The van der Waals surface area contributed by atoms with E-state index in [9.17, 15) is 4.79 Å². The van der Waals surface area contributed by atoms with Crippen molar-refractivity contribution in [2.45, 2.75) is 19.5 Å². The fraction of sp³-hybridized carbons (Fsp3) is 0.263. The van der Waals surface area contributed by atoms with Crippen LogP contribution in [0.25, 0.3) is 11.0 Å². The summed E-state index contributed by atoms with van der Waals surface area (Å²) in [5.41, 5.74) is 1.91. The minimum Gasteiger partial charge on any atom is -0.493 e. The van der Waals surface area contributed by atoms with E-state index in [1.165, 1.54) is 0 Å². The second kappa shape index (κ2) is 7.70. The highest BCUT2D eigenvalue weighted by molar-refractivity contribution is 5.76. The number of amides is 1. The van der Waals surface area contributed by atoms with Crippen LogP contribution < -0.4 is 14.8 Å². The number of methoxy groups -OCH3 is 1. The van der Waals surface area contributed by atoms with Crippen LogP contribution in [0.4, 0.5) is 0 Å². The van der Waals surface area contributed by atoms with Gasteiger partial charge >= 0.3 is 0 Å². The van der Waals surface area contributed by atoms with Gasteiger partial charge in [-0.3, -0.25) is 4.79 Å². The molecule has 0 aliphatic rings. The summed E-state index contributed by atoms with van der Waals surface area (Å²) in [5, 5.41) is 2.76. The molecule has 0 radical (unpaired) electrons. The number of nitrogens with one attached hydrogen (secondary N) is 1. The van der Waals surface area contributed by atoms with Gasteiger partial charge in [0.1, 0.15) is 12.4 Å². The van der Waals surface area contributed by atoms with Gasteiger partial charge < -0.3 is 19.4 Å². The Kier molecular flexibility index (Phi) is 5.18. The van der Waals surface area contributed by atoms with Gasteiger partial charge in [0.25, 0.3) is 0 Å². The Bertz CT molecular complexity index is 860. The maximum atomic E-state index is 10.8. The molecule has 3 aromatic rings. The number of imidazole rings is 1. The van der Waals surface area contributed by atoms with Crippen molar-refractivity contribution in [3.8, 4) is 11.5 Å². The third-order valence-corrected chi connectivity index (χ3v) is 4.03. The number of fused-ring (bicyclic) bond motifs is 1. The van der Waals surface area contributed by atoms with Gasteiger partial charge in [-0.2, -0.15) is 0 Å². The lowest BCUT2D eigenvalue weighted by Crippen LogP contribution is -2.22. The van der Waals surface area contributed by atoms with Gasteiger partial charge in [0.2, 0.25) is 6.41 Å². The fourth-order valence-corrected chi connectivity index (χ4v) is 2.82. The summed E-state index contributed by atoms with van der Waals surface area (Å²) in [6.07, 6.45) is 0.694. The summed E-state index contributed by atoms with van der Waals surface area (Å²) in [5.74, 6) is 2.21. The molecular weight excluding hydrogens is 318 g/mol. The highest BCUT2D eigenvalue weighted by Gasteiger charge is 2.16. The van der Waals surface area contributed by atoms with Crippen molar-refractivity contribution in [3.05, 3.63) is 54.4 Å². The van der Waals surface area contributed by atoms with Crippen LogP contribution in [0, 0.1) is 0 Å². The van der Waals surface area contributed by atoms with Gasteiger partial charge in [0.05, 0.1) is 30.7 Å². The maximum absolute atomic E-state index is 10.8. The van der Waals surface area contributed by atoms with E-state index in [0.717, 1.165) is 16.9 Å². The number of benzene rings is 2. The molecular formula is C19H21N3O3. The molecule has 0 saturated heterocycles. The molecule has 6 heteroatoms. The number of hydrogen-bond donors (Lipinski definition) is 1. The molecule has 1 heterocycles. The SMILES string of the molecule is COc1ccccc1OCCn1c(C(C)NC=O)nc2ccccc21. The number of ether oxygens (including phenoxy) is 2. The number of aromatic nitrogens is 2. The summed E-state index contributed by atoms with van der Waals surface area (Å²) in [4.78, 5) is 15.4. The van der Waals surface area contributed by atoms with Crippen LogP contribution in [-0.4, -0.2) is 29.7 Å². The fourth-order valence-electron chi connectivity index (χ4n) is 2.82. The molecule has 1 atom stereocenters. The summed E-state index contributed by atoms with van der Waals surface area (Å²) in [6.45, 7) is 2.98. The molecule has 130 valence electrons. The number of para-hydroxylation sites is 4. The predicted octanol–water partition coefficient (Wildman–Crippen LogP) is 2.93. The lowest BCUT2D eigenvalue weighted by atomic mass is 10.3. The molecule has 0 aliphatic heterocycles. The molecule has 0 bridgehead atoms. The lowest BCUT2D eigenvalue weighted by molar-refractivity contribution is -0.110. The molecule has 2 aromatic carbocycles. The van der Waals surface area contributed by atoms with E-state index in [0.29, 0.717) is 31.1 Å². The Labute approximate surface area is 146 Å². The second-order valence-electron chi connectivity index (χ2n) is 5.62. The minimum atomic E-state index is -0.184. The third-order valence-electron chi connectivity index (χ3n) is 4.03. The summed E-state index contributed by atoms with van der Waals surface area (Å²) < 4.78 is 13.3. The Morgan fingerprint density at radius 1 is 1.16 bits per heavy atom. The van der Waals surface area contributed by atoms with Gasteiger partial charge in [-0.05, 0) is 31.2 Å². The lowest BCUT2D eigenvalue weighted by Gasteiger charge is -2.15. The van der Waals surface area contributed by atoms with Crippen molar-refractivity contribution >= 4 is 17.4 Å². The zero-order valence-electron chi connectivity index (χ0n) is 14.3. The van der Waals surface area contributed by atoms with Crippen molar-refractivity contribution in [1.29, 1.82) is 0 Å². The first kappa shape index (κ1) is 16.8. The molecule has 3 rings (SSSR count). The van der Waals surface area contributed by atoms with E-state index in [2.05, 4.69) is 14.9 Å². The largest absolute Gasteiger partial charge is 0.493 e. The van der Waals surface area contributed by atoms with Crippen molar-refractivity contribution in [1.82, 2.24) is 14.9 Å². The van der Waals surface area contributed by atoms with Crippen LogP contribution in [0.15, 0.2) is 48.5 Å². The highest BCUT2D eigenvalue weighted by atomic mass is 16.5. The van der Waals surface area contributed by atoms with E-state index in [1.807, 2.05) is 55.5 Å². The smallest absolute Gasteiger partial charge is 0.207 e. The van der Waals surface area contributed by atoms with Crippen LogP contribution in [0.2, 0.25) is 0 Å². The van der Waals surface area contributed by atoms with Gasteiger partial charge in [-0.15, -0.1) is 0 Å². The first-order chi connectivity index (χ1) is 12.2. The number of hydrogen-bond acceptors (Lipinski definition) is 4. The second-order valence-corrected chi connectivity index (χ2v) is 5.62. The molecule has 1 N–H and O–H groups in total. The summed E-state index contributed by atoms with van der Waals surface area (Å²) in [7, 11) is 1.62. The highest BCUT2D eigenvalue weighted by Crippen LogP contribution is 2.26. The number of carbonyl (C=O) groups is 1. The molecule has 0 saturated carbocycles. The number of nitrogens with zero attached hydrogens (tertiary/aromatic N) is 2. The van der Waals surface area contributed by atoms with Crippen LogP contribution in [0.1, 0.15) is 18.8 Å². The molecule has 0 aliphatic carbocycles. The average Bonchev–Trinajstić information content (AvgIpc) is 3.01. The molecule has 1 amide bonds. The maximum Gasteiger partial charge on any atom is 0.207 e. The Hall–Kier alpha value is -3.02. The Morgan fingerprint density at radius 3 is 2.64 bits per heavy atom. The van der Waals surface area contributed by atoms with Crippen molar-refractivity contribution < 1.29 is 14.3 Å².